The van der Waals surface area contributed by atoms with E-state index in [4.69, 9.17) is 15.0 Å². The van der Waals surface area contributed by atoms with Crippen LogP contribution in [0.4, 0.5) is 5.82 Å². The fourth-order valence-electron chi connectivity index (χ4n) is 3.82. The summed E-state index contributed by atoms with van der Waals surface area (Å²) in [6, 6.07) is 3.45. The van der Waals surface area contributed by atoms with Gasteiger partial charge < -0.3 is 15.1 Å². The highest BCUT2D eigenvalue weighted by Crippen LogP contribution is 2.34. The van der Waals surface area contributed by atoms with Crippen molar-refractivity contribution in [2.24, 2.45) is 11.7 Å². The van der Waals surface area contributed by atoms with Gasteiger partial charge in [-0.1, -0.05) is 0 Å². The average molecular weight is 385 g/mol. The molecule has 1 atom stereocenters. The van der Waals surface area contributed by atoms with Gasteiger partial charge in [0.1, 0.15) is 23.6 Å². The Bertz CT molecular complexity index is 875. The van der Waals surface area contributed by atoms with Crippen LogP contribution in [0.1, 0.15) is 47.1 Å². The molecule has 0 aromatic carbocycles. The number of amides is 2. The van der Waals surface area contributed by atoms with E-state index < -0.39 is 5.91 Å². The van der Waals surface area contributed by atoms with Crippen LogP contribution in [-0.2, 0) is 9.63 Å². The summed E-state index contributed by atoms with van der Waals surface area (Å²) in [5.74, 6) is 0.797. The number of carbonyl (C=O) groups excluding carboxylic acids is 2. The minimum Gasteiger partial charge on any atom is -0.469 e. The molecule has 0 radical (unpaired) electrons. The Morgan fingerprint density at radius 3 is 2.64 bits per heavy atom. The number of anilines is 1. The second-order valence-corrected chi connectivity index (χ2v) is 7.18. The summed E-state index contributed by atoms with van der Waals surface area (Å²) >= 11 is 0. The lowest BCUT2D eigenvalue weighted by atomic mass is 9.94. The molecule has 4 heterocycles. The van der Waals surface area contributed by atoms with Crippen LogP contribution < -0.4 is 10.6 Å². The SMILES string of the molecule is Cc1cc([C@@H]2CCON2C(=O)C2CCN(c3cc(C(N)=O)ncn3)CC2)co1. The van der Waals surface area contributed by atoms with Crippen LogP contribution in [0, 0.1) is 12.8 Å². The Morgan fingerprint density at radius 1 is 1.18 bits per heavy atom. The quantitative estimate of drug-likeness (QED) is 0.850. The van der Waals surface area contributed by atoms with Gasteiger partial charge >= 0.3 is 0 Å². The second kappa shape index (κ2) is 7.59. The van der Waals surface area contributed by atoms with E-state index in [1.807, 2.05) is 17.9 Å². The van der Waals surface area contributed by atoms with Crippen LogP contribution in [0.2, 0.25) is 0 Å². The summed E-state index contributed by atoms with van der Waals surface area (Å²) in [5, 5.41) is 1.53. The molecule has 28 heavy (non-hydrogen) atoms. The summed E-state index contributed by atoms with van der Waals surface area (Å²) in [5.41, 5.74) is 6.45. The molecule has 0 saturated carbocycles. The van der Waals surface area contributed by atoms with Gasteiger partial charge in [-0.15, -0.1) is 0 Å². The topological polar surface area (TPSA) is 115 Å². The standard InChI is InChI=1S/C19H23N5O4/c1-12-8-14(10-27-12)16-4-7-28-24(16)19(26)13-2-5-23(6-3-13)17-9-15(18(20)25)21-11-22-17/h8-11,13,16H,2-7H2,1H3,(H2,20,25)/t16-/m0/s1. The molecule has 0 bridgehead atoms. The molecule has 2 saturated heterocycles. The number of hydroxylamine groups is 2. The molecule has 4 rings (SSSR count). The molecular formula is C19H23N5O4. The molecule has 9 nitrogen and oxygen atoms in total. The van der Waals surface area contributed by atoms with Crippen LogP contribution in [0.15, 0.2) is 29.1 Å². The van der Waals surface area contributed by atoms with Crippen molar-refractivity contribution in [2.45, 2.75) is 32.2 Å². The van der Waals surface area contributed by atoms with E-state index in [1.54, 1.807) is 12.3 Å². The number of aromatic nitrogens is 2. The van der Waals surface area contributed by atoms with E-state index in [9.17, 15) is 9.59 Å². The summed E-state index contributed by atoms with van der Waals surface area (Å²) in [6.45, 7) is 3.73. The fraction of sp³-hybridized carbons (Fsp3) is 0.474. The van der Waals surface area contributed by atoms with Crippen molar-refractivity contribution in [3.8, 4) is 0 Å². The number of carbonyl (C=O) groups is 2. The van der Waals surface area contributed by atoms with Gasteiger partial charge in [0, 0.05) is 37.1 Å². The van der Waals surface area contributed by atoms with Crippen molar-refractivity contribution in [1.29, 1.82) is 0 Å². The summed E-state index contributed by atoms with van der Waals surface area (Å²) in [6.07, 6.45) is 5.17. The minimum absolute atomic E-state index is 0.0153. The van der Waals surface area contributed by atoms with Crippen molar-refractivity contribution in [3.63, 3.8) is 0 Å². The Kier molecular flexibility index (Phi) is 4.99. The number of piperidine rings is 1. The number of aryl methyl sites for hydroxylation is 1. The summed E-state index contributed by atoms with van der Waals surface area (Å²) in [7, 11) is 0. The lowest BCUT2D eigenvalue weighted by Gasteiger charge is -2.34. The van der Waals surface area contributed by atoms with Crippen molar-refractivity contribution in [1.82, 2.24) is 15.0 Å². The number of rotatable bonds is 4. The van der Waals surface area contributed by atoms with Crippen molar-refractivity contribution >= 4 is 17.6 Å². The maximum atomic E-state index is 13.0. The Morgan fingerprint density at radius 2 is 1.96 bits per heavy atom. The molecule has 2 aliphatic heterocycles. The zero-order chi connectivity index (χ0) is 19.7. The maximum Gasteiger partial charge on any atom is 0.267 e. The first-order valence-corrected chi connectivity index (χ1v) is 9.40. The van der Waals surface area contributed by atoms with Crippen LogP contribution in [0.5, 0.6) is 0 Å². The molecule has 2 aromatic heterocycles. The number of nitrogens with zero attached hydrogens (tertiary/aromatic N) is 4. The van der Waals surface area contributed by atoms with Crippen molar-refractivity contribution in [3.05, 3.63) is 41.7 Å². The molecular weight excluding hydrogens is 362 g/mol. The zero-order valence-electron chi connectivity index (χ0n) is 15.7. The van der Waals surface area contributed by atoms with Gasteiger partial charge in [-0.2, -0.15) is 0 Å². The predicted molar refractivity (Wildman–Crippen MR) is 99.1 cm³/mol. The number of furan rings is 1. The minimum atomic E-state index is -0.583. The molecule has 0 aliphatic carbocycles. The third-order valence-electron chi connectivity index (χ3n) is 5.33. The van der Waals surface area contributed by atoms with Crippen LogP contribution in [0.3, 0.4) is 0 Å². The van der Waals surface area contributed by atoms with Crippen LogP contribution >= 0.6 is 0 Å². The molecule has 148 valence electrons. The summed E-state index contributed by atoms with van der Waals surface area (Å²) < 4.78 is 5.39. The first-order valence-electron chi connectivity index (χ1n) is 9.40. The second-order valence-electron chi connectivity index (χ2n) is 7.18. The lowest BCUT2D eigenvalue weighted by molar-refractivity contribution is -0.182. The Balaban J connectivity index is 1.40. The molecule has 9 heteroatoms. The van der Waals surface area contributed by atoms with Gasteiger partial charge in [0.2, 0.25) is 5.91 Å². The molecule has 2 aromatic rings. The average Bonchev–Trinajstić information content (AvgIpc) is 3.36. The monoisotopic (exact) mass is 385 g/mol. The third-order valence-corrected chi connectivity index (χ3v) is 5.33. The van der Waals surface area contributed by atoms with E-state index in [0.717, 1.165) is 17.7 Å². The first kappa shape index (κ1) is 18.4. The van der Waals surface area contributed by atoms with Crippen molar-refractivity contribution < 1.29 is 18.8 Å². The van der Waals surface area contributed by atoms with Gasteiger partial charge in [-0.3, -0.25) is 14.4 Å². The largest absolute Gasteiger partial charge is 0.469 e. The highest BCUT2D eigenvalue weighted by molar-refractivity contribution is 5.91. The Labute approximate surface area is 162 Å². The van der Waals surface area contributed by atoms with Gasteiger partial charge in [-0.25, -0.2) is 15.0 Å². The smallest absolute Gasteiger partial charge is 0.267 e. The fourth-order valence-corrected chi connectivity index (χ4v) is 3.82. The van der Waals surface area contributed by atoms with E-state index in [2.05, 4.69) is 9.97 Å². The molecule has 2 N–H and O–H groups in total. The van der Waals surface area contributed by atoms with Crippen LogP contribution in [0.25, 0.3) is 0 Å². The lowest BCUT2D eigenvalue weighted by Crippen LogP contribution is -2.42. The predicted octanol–water partition coefficient (Wildman–Crippen LogP) is 1.60. The van der Waals surface area contributed by atoms with Gasteiger partial charge in [0.05, 0.1) is 18.9 Å². The first-order chi connectivity index (χ1) is 13.5. The highest BCUT2D eigenvalue weighted by atomic mass is 16.7. The molecule has 2 amide bonds. The van der Waals surface area contributed by atoms with E-state index in [1.165, 1.54) is 11.4 Å². The highest BCUT2D eigenvalue weighted by Gasteiger charge is 2.37. The number of hydrogen-bond acceptors (Lipinski definition) is 7. The molecule has 2 aliphatic rings. The van der Waals surface area contributed by atoms with Gasteiger partial charge in [0.25, 0.3) is 5.91 Å². The van der Waals surface area contributed by atoms with Gasteiger partial charge in [-0.05, 0) is 25.8 Å². The maximum absolute atomic E-state index is 13.0. The third kappa shape index (κ3) is 3.57. The van der Waals surface area contributed by atoms with E-state index in [0.29, 0.717) is 38.4 Å². The van der Waals surface area contributed by atoms with Crippen molar-refractivity contribution in [2.75, 3.05) is 24.6 Å². The number of nitrogens with two attached hydrogens (primary N) is 1. The number of hydrogen-bond donors (Lipinski definition) is 1. The van der Waals surface area contributed by atoms with E-state index >= 15 is 0 Å². The Hall–Kier alpha value is -2.94. The normalized spacial score (nSPS) is 20.5. The van der Waals surface area contributed by atoms with Gasteiger partial charge in [0.15, 0.2) is 0 Å². The molecule has 0 spiro atoms. The van der Waals surface area contributed by atoms with E-state index in [-0.39, 0.29) is 23.6 Å². The molecule has 2 fully saturated rings. The summed E-state index contributed by atoms with van der Waals surface area (Å²) in [4.78, 5) is 40.1. The van der Waals surface area contributed by atoms with Crippen LogP contribution in [-0.4, -0.2) is 46.5 Å². The molecule has 0 unspecified atom stereocenters. The number of primary amides is 1. The zero-order valence-corrected chi connectivity index (χ0v) is 15.7.